The lowest BCUT2D eigenvalue weighted by Crippen LogP contribution is -2.05. The van der Waals surface area contributed by atoms with Crippen LogP contribution in [0.3, 0.4) is 0 Å². The van der Waals surface area contributed by atoms with E-state index in [0.29, 0.717) is 10.4 Å². The molecule has 6 nitrogen and oxygen atoms in total. The highest BCUT2D eigenvalue weighted by Crippen LogP contribution is 2.17. The van der Waals surface area contributed by atoms with Crippen molar-refractivity contribution in [3.05, 3.63) is 28.5 Å². The molecule has 0 saturated carbocycles. The molecule has 18 heavy (non-hydrogen) atoms. The molecule has 0 amide bonds. The standard InChI is InChI=1S/C11H12N4O2S/c1-3-4-8-10(18-15-14-8)9(16)7-5-12-11(17-2)13-6-7/h5-6H,3-4H2,1-2H3. The second-order valence-corrected chi connectivity index (χ2v) is 4.34. The maximum absolute atomic E-state index is 12.2. The van der Waals surface area contributed by atoms with Crippen molar-refractivity contribution in [2.24, 2.45) is 0 Å². The number of carbonyl (C=O) groups excluding carboxylic acids is 1. The van der Waals surface area contributed by atoms with Crippen molar-refractivity contribution in [3.8, 4) is 6.01 Å². The zero-order valence-corrected chi connectivity index (χ0v) is 10.9. The van der Waals surface area contributed by atoms with Crippen molar-refractivity contribution in [3.63, 3.8) is 0 Å². The van der Waals surface area contributed by atoms with Crippen LogP contribution in [0, 0.1) is 0 Å². The van der Waals surface area contributed by atoms with Gasteiger partial charge < -0.3 is 4.74 Å². The minimum atomic E-state index is -0.142. The van der Waals surface area contributed by atoms with Gasteiger partial charge in [-0.25, -0.2) is 9.97 Å². The molecule has 2 rings (SSSR count). The fourth-order valence-corrected chi connectivity index (χ4v) is 2.12. The van der Waals surface area contributed by atoms with Crippen molar-refractivity contribution in [2.45, 2.75) is 19.8 Å². The summed E-state index contributed by atoms with van der Waals surface area (Å²) in [5.74, 6) is -0.142. The lowest BCUT2D eigenvalue weighted by Gasteiger charge is -2.00. The Morgan fingerprint density at radius 1 is 1.39 bits per heavy atom. The van der Waals surface area contributed by atoms with Crippen molar-refractivity contribution in [1.82, 2.24) is 19.6 Å². The number of carbonyl (C=O) groups is 1. The lowest BCUT2D eigenvalue weighted by molar-refractivity contribution is 0.104. The SMILES string of the molecule is CCCc1nnsc1C(=O)c1cnc(OC)nc1. The van der Waals surface area contributed by atoms with Crippen LogP contribution < -0.4 is 4.74 Å². The van der Waals surface area contributed by atoms with Gasteiger partial charge in [-0.05, 0) is 18.0 Å². The van der Waals surface area contributed by atoms with E-state index in [-0.39, 0.29) is 11.8 Å². The number of aryl methyl sites for hydroxylation is 1. The van der Waals surface area contributed by atoms with Gasteiger partial charge in [-0.1, -0.05) is 17.8 Å². The average molecular weight is 264 g/mol. The van der Waals surface area contributed by atoms with Gasteiger partial charge in [-0.15, -0.1) is 5.10 Å². The summed E-state index contributed by atoms with van der Waals surface area (Å²) < 4.78 is 8.67. The van der Waals surface area contributed by atoms with Crippen LogP contribution in [-0.4, -0.2) is 32.4 Å². The van der Waals surface area contributed by atoms with E-state index in [1.165, 1.54) is 19.5 Å². The van der Waals surface area contributed by atoms with Gasteiger partial charge in [0, 0.05) is 12.4 Å². The quantitative estimate of drug-likeness (QED) is 0.762. The molecule has 0 aliphatic rings. The molecule has 0 aliphatic carbocycles. The first kappa shape index (κ1) is 12.6. The Kier molecular flexibility index (Phi) is 3.93. The summed E-state index contributed by atoms with van der Waals surface area (Å²) in [7, 11) is 1.48. The minimum Gasteiger partial charge on any atom is -0.467 e. The number of ketones is 1. The van der Waals surface area contributed by atoms with Gasteiger partial charge in [-0.2, -0.15) is 0 Å². The lowest BCUT2D eigenvalue weighted by atomic mass is 10.1. The second kappa shape index (κ2) is 5.63. The third-order valence-corrected chi connectivity index (χ3v) is 3.09. The largest absolute Gasteiger partial charge is 0.467 e. The predicted molar refractivity (Wildman–Crippen MR) is 65.9 cm³/mol. The molecule has 94 valence electrons. The number of rotatable bonds is 5. The monoisotopic (exact) mass is 264 g/mol. The van der Waals surface area contributed by atoms with Crippen molar-refractivity contribution < 1.29 is 9.53 Å². The van der Waals surface area contributed by atoms with Gasteiger partial charge in [0.1, 0.15) is 4.88 Å². The van der Waals surface area contributed by atoms with Crippen LogP contribution in [0.25, 0.3) is 0 Å². The fraction of sp³-hybridized carbons (Fsp3) is 0.364. The highest BCUT2D eigenvalue weighted by molar-refractivity contribution is 7.08. The molecule has 0 aromatic carbocycles. The molecule has 0 N–H and O–H groups in total. The Morgan fingerprint density at radius 3 is 2.72 bits per heavy atom. The zero-order valence-electron chi connectivity index (χ0n) is 10.1. The van der Waals surface area contributed by atoms with Crippen molar-refractivity contribution >= 4 is 17.3 Å². The second-order valence-electron chi connectivity index (χ2n) is 3.59. The summed E-state index contributed by atoms with van der Waals surface area (Å²) in [5, 5.41) is 3.97. The molecule has 2 heterocycles. The molecule has 0 atom stereocenters. The van der Waals surface area contributed by atoms with Gasteiger partial charge >= 0.3 is 6.01 Å². The van der Waals surface area contributed by atoms with Crippen molar-refractivity contribution in [2.75, 3.05) is 7.11 Å². The maximum Gasteiger partial charge on any atom is 0.316 e. The first-order valence-electron chi connectivity index (χ1n) is 5.48. The first-order chi connectivity index (χ1) is 8.76. The van der Waals surface area contributed by atoms with Crippen LogP contribution in [0.1, 0.15) is 34.3 Å². The van der Waals surface area contributed by atoms with E-state index >= 15 is 0 Å². The first-order valence-corrected chi connectivity index (χ1v) is 6.25. The van der Waals surface area contributed by atoms with Gasteiger partial charge in [-0.3, -0.25) is 4.79 Å². The summed E-state index contributed by atoms with van der Waals surface area (Å²) in [6.07, 6.45) is 4.56. The molecule has 0 unspecified atom stereocenters. The number of aromatic nitrogens is 4. The fourth-order valence-electron chi connectivity index (χ4n) is 1.45. The third-order valence-electron chi connectivity index (χ3n) is 2.32. The van der Waals surface area contributed by atoms with E-state index in [1.54, 1.807) is 0 Å². The van der Waals surface area contributed by atoms with Gasteiger partial charge in [0.05, 0.1) is 18.4 Å². The normalized spacial score (nSPS) is 10.3. The number of ether oxygens (including phenoxy) is 1. The summed E-state index contributed by atoms with van der Waals surface area (Å²) in [6.45, 7) is 2.03. The minimum absolute atomic E-state index is 0.142. The van der Waals surface area contributed by atoms with Crippen LogP contribution in [-0.2, 0) is 6.42 Å². The molecule has 2 aromatic heterocycles. The van der Waals surface area contributed by atoms with E-state index < -0.39 is 0 Å². The average Bonchev–Trinajstić information content (AvgIpc) is 2.87. The van der Waals surface area contributed by atoms with Crippen LogP contribution in [0.5, 0.6) is 6.01 Å². The molecule has 0 radical (unpaired) electrons. The molecule has 0 spiro atoms. The van der Waals surface area contributed by atoms with E-state index in [2.05, 4.69) is 19.6 Å². The Balaban J connectivity index is 2.26. The number of nitrogens with zero attached hydrogens (tertiary/aromatic N) is 4. The highest BCUT2D eigenvalue weighted by Gasteiger charge is 2.18. The zero-order chi connectivity index (χ0) is 13.0. The molecule has 2 aromatic rings. The Morgan fingerprint density at radius 2 is 2.11 bits per heavy atom. The van der Waals surface area contributed by atoms with E-state index in [1.807, 2.05) is 6.92 Å². The topological polar surface area (TPSA) is 77.9 Å². The van der Waals surface area contributed by atoms with E-state index in [0.717, 1.165) is 30.1 Å². The van der Waals surface area contributed by atoms with Crippen LogP contribution in [0.15, 0.2) is 12.4 Å². The molecular formula is C11H12N4O2S. The molecule has 0 fully saturated rings. The van der Waals surface area contributed by atoms with E-state index in [4.69, 9.17) is 4.74 Å². The number of hydrogen-bond acceptors (Lipinski definition) is 7. The summed E-state index contributed by atoms with van der Waals surface area (Å²) in [5.41, 5.74) is 1.16. The van der Waals surface area contributed by atoms with Crippen LogP contribution >= 0.6 is 11.5 Å². The van der Waals surface area contributed by atoms with Crippen LogP contribution in [0.2, 0.25) is 0 Å². The number of methoxy groups -OCH3 is 1. The molecule has 0 aliphatic heterocycles. The smallest absolute Gasteiger partial charge is 0.316 e. The van der Waals surface area contributed by atoms with E-state index in [9.17, 15) is 4.79 Å². The predicted octanol–water partition coefficient (Wildman–Crippen LogP) is 1.52. The Labute approximate surface area is 108 Å². The molecule has 7 heteroatoms. The Hall–Kier alpha value is -1.89. The molecular weight excluding hydrogens is 252 g/mol. The van der Waals surface area contributed by atoms with Crippen LogP contribution in [0.4, 0.5) is 0 Å². The molecule has 0 bridgehead atoms. The maximum atomic E-state index is 12.2. The summed E-state index contributed by atoms with van der Waals surface area (Å²) >= 11 is 1.10. The van der Waals surface area contributed by atoms with Gasteiger partial charge in [0.2, 0.25) is 5.78 Å². The highest BCUT2D eigenvalue weighted by atomic mass is 32.1. The molecule has 0 saturated heterocycles. The summed E-state index contributed by atoms with van der Waals surface area (Å²) in [4.78, 5) is 20.6. The Bertz CT molecular complexity index is 538. The van der Waals surface area contributed by atoms with Crippen molar-refractivity contribution in [1.29, 1.82) is 0 Å². The summed E-state index contributed by atoms with van der Waals surface area (Å²) in [6, 6.07) is 0.239. The van der Waals surface area contributed by atoms with Gasteiger partial charge in [0.15, 0.2) is 0 Å². The van der Waals surface area contributed by atoms with Gasteiger partial charge in [0.25, 0.3) is 0 Å². The third kappa shape index (κ3) is 2.51. The number of hydrogen-bond donors (Lipinski definition) is 0.